The highest BCUT2D eigenvalue weighted by molar-refractivity contribution is 5.73. The zero-order chi connectivity index (χ0) is 12.0. The SMILES string of the molecule is COCC(NC(C)C1CCCCC1)C(=O)O. The average Bonchev–Trinajstić information content (AvgIpc) is 2.29. The minimum atomic E-state index is -0.829. The van der Waals surface area contributed by atoms with E-state index in [-0.39, 0.29) is 12.6 Å². The van der Waals surface area contributed by atoms with Crippen molar-refractivity contribution in [2.24, 2.45) is 5.92 Å². The zero-order valence-corrected chi connectivity index (χ0v) is 10.2. The van der Waals surface area contributed by atoms with Gasteiger partial charge in [0.2, 0.25) is 0 Å². The van der Waals surface area contributed by atoms with Gasteiger partial charge in [-0.1, -0.05) is 19.3 Å². The average molecular weight is 229 g/mol. The topological polar surface area (TPSA) is 58.6 Å². The second kappa shape index (κ2) is 6.86. The number of carbonyl (C=O) groups is 1. The van der Waals surface area contributed by atoms with Crippen LogP contribution in [-0.2, 0) is 9.53 Å². The first kappa shape index (κ1) is 13.5. The van der Waals surface area contributed by atoms with Crippen molar-refractivity contribution >= 4 is 5.97 Å². The maximum absolute atomic E-state index is 11.0. The number of rotatable bonds is 6. The fourth-order valence-corrected chi connectivity index (χ4v) is 2.44. The predicted octanol–water partition coefficient (Wildman–Crippen LogP) is 1.64. The molecule has 1 aliphatic carbocycles. The first-order chi connectivity index (χ1) is 7.65. The summed E-state index contributed by atoms with van der Waals surface area (Å²) in [5.41, 5.74) is 0. The van der Waals surface area contributed by atoms with Crippen molar-refractivity contribution in [2.45, 2.75) is 51.1 Å². The van der Waals surface area contributed by atoms with Crippen molar-refractivity contribution in [3.63, 3.8) is 0 Å². The number of carboxylic acid groups (broad SMARTS) is 1. The molecule has 0 saturated heterocycles. The van der Waals surface area contributed by atoms with Crippen LogP contribution in [0.15, 0.2) is 0 Å². The summed E-state index contributed by atoms with van der Waals surface area (Å²) in [5.74, 6) is -0.211. The Hall–Kier alpha value is -0.610. The Balaban J connectivity index is 2.39. The molecule has 2 N–H and O–H groups in total. The van der Waals surface area contributed by atoms with Crippen molar-refractivity contribution in [3.8, 4) is 0 Å². The van der Waals surface area contributed by atoms with Gasteiger partial charge in [0.05, 0.1) is 6.61 Å². The Morgan fingerprint density at radius 3 is 2.56 bits per heavy atom. The Morgan fingerprint density at radius 2 is 2.06 bits per heavy atom. The van der Waals surface area contributed by atoms with Gasteiger partial charge in [-0.15, -0.1) is 0 Å². The standard InChI is InChI=1S/C12H23NO3/c1-9(10-6-4-3-5-7-10)13-11(8-16-2)12(14)15/h9-11,13H,3-8H2,1-2H3,(H,14,15). The van der Waals surface area contributed by atoms with E-state index in [1.165, 1.54) is 39.2 Å². The van der Waals surface area contributed by atoms with Gasteiger partial charge < -0.3 is 9.84 Å². The van der Waals surface area contributed by atoms with Crippen LogP contribution in [0.1, 0.15) is 39.0 Å². The molecule has 1 saturated carbocycles. The van der Waals surface area contributed by atoms with Crippen LogP contribution in [0.5, 0.6) is 0 Å². The number of aliphatic carboxylic acids is 1. The maximum Gasteiger partial charge on any atom is 0.323 e. The van der Waals surface area contributed by atoms with Gasteiger partial charge in [0.1, 0.15) is 6.04 Å². The second-order valence-corrected chi connectivity index (χ2v) is 4.70. The van der Waals surface area contributed by atoms with Crippen molar-refractivity contribution in [3.05, 3.63) is 0 Å². The van der Waals surface area contributed by atoms with E-state index in [0.29, 0.717) is 5.92 Å². The molecule has 0 radical (unpaired) electrons. The van der Waals surface area contributed by atoms with Crippen LogP contribution in [0, 0.1) is 5.92 Å². The third-order valence-electron chi connectivity index (χ3n) is 3.45. The smallest absolute Gasteiger partial charge is 0.323 e. The molecule has 0 spiro atoms. The minimum Gasteiger partial charge on any atom is -0.480 e. The molecule has 0 heterocycles. The molecule has 4 heteroatoms. The van der Waals surface area contributed by atoms with Gasteiger partial charge in [-0.2, -0.15) is 0 Å². The van der Waals surface area contributed by atoms with E-state index in [1.807, 2.05) is 0 Å². The predicted molar refractivity (Wildman–Crippen MR) is 62.5 cm³/mol. The van der Waals surface area contributed by atoms with Crippen LogP contribution in [0.25, 0.3) is 0 Å². The highest BCUT2D eigenvalue weighted by Crippen LogP contribution is 2.26. The van der Waals surface area contributed by atoms with Crippen LogP contribution in [-0.4, -0.2) is 36.9 Å². The normalized spacial score (nSPS) is 21.6. The van der Waals surface area contributed by atoms with Gasteiger partial charge in [0.15, 0.2) is 0 Å². The van der Waals surface area contributed by atoms with Crippen LogP contribution in [0.4, 0.5) is 0 Å². The fraction of sp³-hybridized carbons (Fsp3) is 0.917. The highest BCUT2D eigenvalue weighted by Gasteiger charge is 2.25. The van der Waals surface area contributed by atoms with Crippen molar-refractivity contribution < 1.29 is 14.6 Å². The summed E-state index contributed by atoms with van der Waals surface area (Å²) in [5, 5.41) is 12.2. The van der Waals surface area contributed by atoms with Gasteiger partial charge in [-0.25, -0.2) is 0 Å². The number of hydrogen-bond acceptors (Lipinski definition) is 3. The van der Waals surface area contributed by atoms with E-state index in [2.05, 4.69) is 12.2 Å². The Kier molecular flexibility index (Phi) is 5.77. The summed E-state index contributed by atoms with van der Waals surface area (Å²) in [6.07, 6.45) is 6.31. The van der Waals surface area contributed by atoms with Gasteiger partial charge in [-0.3, -0.25) is 10.1 Å². The van der Waals surface area contributed by atoms with Crippen LogP contribution in [0.3, 0.4) is 0 Å². The van der Waals surface area contributed by atoms with Crippen LogP contribution >= 0.6 is 0 Å². The summed E-state index contributed by atoms with van der Waals surface area (Å²) in [6, 6.07) is -0.321. The first-order valence-electron chi connectivity index (χ1n) is 6.13. The monoisotopic (exact) mass is 229 g/mol. The molecule has 0 amide bonds. The Labute approximate surface area is 97.4 Å². The lowest BCUT2D eigenvalue weighted by Gasteiger charge is -2.30. The summed E-state index contributed by atoms with van der Waals surface area (Å²) in [4.78, 5) is 11.0. The Bertz CT molecular complexity index is 214. The molecular formula is C12H23NO3. The maximum atomic E-state index is 11.0. The summed E-state index contributed by atoms with van der Waals surface area (Å²) in [6.45, 7) is 2.31. The second-order valence-electron chi connectivity index (χ2n) is 4.70. The van der Waals surface area contributed by atoms with Gasteiger partial charge >= 0.3 is 5.97 Å². The van der Waals surface area contributed by atoms with Crippen LogP contribution < -0.4 is 5.32 Å². The zero-order valence-electron chi connectivity index (χ0n) is 10.2. The summed E-state index contributed by atoms with van der Waals surface area (Å²) < 4.78 is 4.91. The molecule has 0 aliphatic heterocycles. The molecule has 16 heavy (non-hydrogen) atoms. The molecule has 0 aromatic carbocycles. The molecule has 1 aliphatic rings. The number of methoxy groups -OCH3 is 1. The van der Waals surface area contributed by atoms with E-state index < -0.39 is 12.0 Å². The number of hydrogen-bond donors (Lipinski definition) is 2. The molecule has 4 nitrogen and oxygen atoms in total. The molecule has 1 rings (SSSR count). The Morgan fingerprint density at radius 1 is 1.44 bits per heavy atom. The third-order valence-corrected chi connectivity index (χ3v) is 3.45. The number of ether oxygens (including phenoxy) is 1. The molecule has 0 aromatic heterocycles. The van der Waals surface area contributed by atoms with Crippen molar-refractivity contribution in [1.82, 2.24) is 5.32 Å². The van der Waals surface area contributed by atoms with E-state index in [1.54, 1.807) is 0 Å². The molecule has 2 atom stereocenters. The van der Waals surface area contributed by atoms with Crippen molar-refractivity contribution in [1.29, 1.82) is 0 Å². The third kappa shape index (κ3) is 4.10. The van der Waals surface area contributed by atoms with Gasteiger partial charge in [-0.05, 0) is 25.7 Å². The number of nitrogens with one attached hydrogen (secondary N) is 1. The van der Waals surface area contributed by atoms with E-state index in [0.717, 1.165) is 0 Å². The quantitative estimate of drug-likeness (QED) is 0.727. The van der Waals surface area contributed by atoms with Crippen molar-refractivity contribution in [2.75, 3.05) is 13.7 Å². The van der Waals surface area contributed by atoms with Crippen LogP contribution in [0.2, 0.25) is 0 Å². The molecular weight excluding hydrogens is 206 g/mol. The number of carboxylic acids is 1. The molecule has 0 bridgehead atoms. The molecule has 0 aromatic rings. The summed E-state index contributed by atoms with van der Waals surface area (Å²) >= 11 is 0. The lowest BCUT2D eigenvalue weighted by atomic mass is 9.84. The van der Waals surface area contributed by atoms with Gasteiger partial charge in [0, 0.05) is 13.2 Å². The first-order valence-corrected chi connectivity index (χ1v) is 6.13. The highest BCUT2D eigenvalue weighted by atomic mass is 16.5. The molecule has 2 unspecified atom stereocenters. The van der Waals surface area contributed by atoms with E-state index in [9.17, 15) is 4.79 Å². The molecule has 1 fully saturated rings. The molecule has 94 valence electrons. The largest absolute Gasteiger partial charge is 0.480 e. The van der Waals surface area contributed by atoms with Gasteiger partial charge in [0.25, 0.3) is 0 Å². The fourth-order valence-electron chi connectivity index (χ4n) is 2.44. The lowest BCUT2D eigenvalue weighted by Crippen LogP contribution is -2.48. The van der Waals surface area contributed by atoms with E-state index in [4.69, 9.17) is 9.84 Å². The summed E-state index contributed by atoms with van der Waals surface area (Å²) in [7, 11) is 1.53. The minimum absolute atomic E-state index is 0.229. The lowest BCUT2D eigenvalue weighted by molar-refractivity contribution is -0.141. The van der Waals surface area contributed by atoms with E-state index >= 15 is 0 Å².